The molecular formula is C14H17BrO4. The molecule has 1 rings (SSSR count). The molecule has 4 nitrogen and oxygen atoms in total. The minimum atomic E-state index is -0.991. The van der Waals surface area contributed by atoms with Crippen LogP contribution in [0.5, 0.6) is 11.5 Å². The molecule has 0 aliphatic carbocycles. The van der Waals surface area contributed by atoms with E-state index in [1.54, 1.807) is 19.2 Å². The van der Waals surface area contributed by atoms with Gasteiger partial charge in [-0.25, -0.2) is 4.79 Å². The SMILES string of the molecule is CCC(C)Oc1c(Br)cc(C=CC(=O)O)cc1OC. The van der Waals surface area contributed by atoms with Gasteiger partial charge in [0, 0.05) is 6.08 Å². The quantitative estimate of drug-likeness (QED) is 0.808. The average Bonchev–Trinajstić information content (AvgIpc) is 2.38. The van der Waals surface area contributed by atoms with E-state index < -0.39 is 5.97 Å². The Balaban J connectivity index is 3.10. The van der Waals surface area contributed by atoms with Crippen LogP contribution in [0.4, 0.5) is 0 Å². The standard InChI is InChI=1S/C14H17BrO4/c1-4-9(2)19-14-11(15)7-10(5-6-13(16)17)8-12(14)18-3/h5-9H,4H2,1-3H3,(H,16,17). The van der Waals surface area contributed by atoms with Gasteiger partial charge < -0.3 is 14.6 Å². The summed E-state index contributed by atoms with van der Waals surface area (Å²) in [6.45, 7) is 4.01. The van der Waals surface area contributed by atoms with Gasteiger partial charge in [0.2, 0.25) is 0 Å². The zero-order valence-electron chi connectivity index (χ0n) is 11.1. The van der Waals surface area contributed by atoms with E-state index in [1.165, 1.54) is 6.08 Å². The third kappa shape index (κ3) is 4.59. The average molecular weight is 329 g/mol. The molecule has 1 unspecified atom stereocenters. The van der Waals surface area contributed by atoms with E-state index in [-0.39, 0.29) is 6.10 Å². The second-order valence-corrected chi connectivity index (χ2v) is 4.90. The van der Waals surface area contributed by atoms with Crippen molar-refractivity contribution >= 4 is 28.0 Å². The first-order valence-electron chi connectivity index (χ1n) is 5.93. The molecule has 0 spiro atoms. The Hall–Kier alpha value is -1.49. The van der Waals surface area contributed by atoms with Crippen molar-refractivity contribution in [1.82, 2.24) is 0 Å². The van der Waals surface area contributed by atoms with Gasteiger partial charge in [0.15, 0.2) is 11.5 Å². The first kappa shape index (κ1) is 15.6. The third-order valence-electron chi connectivity index (χ3n) is 2.56. The van der Waals surface area contributed by atoms with Crippen LogP contribution in [0.2, 0.25) is 0 Å². The number of carbonyl (C=O) groups is 1. The van der Waals surface area contributed by atoms with Crippen LogP contribution in [0.3, 0.4) is 0 Å². The summed E-state index contributed by atoms with van der Waals surface area (Å²) in [7, 11) is 1.55. The maximum atomic E-state index is 10.5. The van der Waals surface area contributed by atoms with Crippen LogP contribution < -0.4 is 9.47 Å². The molecule has 0 radical (unpaired) electrons. The van der Waals surface area contributed by atoms with Crippen molar-refractivity contribution in [1.29, 1.82) is 0 Å². The van der Waals surface area contributed by atoms with Crippen LogP contribution in [-0.4, -0.2) is 24.3 Å². The van der Waals surface area contributed by atoms with Crippen molar-refractivity contribution in [2.75, 3.05) is 7.11 Å². The maximum absolute atomic E-state index is 10.5. The molecule has 0 amide bonds. The summed E-state index contributed by atoms with van der Waals surface area (Å²) in [4.78, 5) is 10.5. The predicted molar refractivity (Wildman–Crippen MR) is 77.7 cm³/mol. The summed E-state index contributed by atoms with van der Waals surface area (Å²) in [5, 5.41) is 8.62. The number of benzene rings is 1. The Morgan fingerprint density at radius 3 is 2.74 bits per heavy atom. The smallest absolute Gasteiger partial charge is 0.328 e. The van der Waals surface area contributed by atoms with Gasteiger partial charge in [-0.05, 0) is 53.0 Å². The first-order valence-corrected chi connectivity index (χ1v) is 6.72. The molecule has 0 aliphatic rings. The lowest BCUT2D eigenvalue weighted by atomic mass is 10.2. The number of aliphatic carboxylic acids is 1. The van der Waals surface area contributed by atoms with Crippen molar-refractivity contribution in [3.05, 3.63) is 28.2 Å². The van der Waals surface area contributed by atoms with Crippen molar-refractivity contribution < 1.29 is 19.4 Å². The van der Waals surface area contributed by atoms with E-state index in [1.807, 2.05) is 13.8 Å². The first-order chi connectivity index (χ1) is 8.97. The minimum absolute atomic E-state index is 0.0746. The van der Waals surface area contributed by atoms with Gasteiger partial charge in [0.25, 0.3) is 0 Å². The predicted octanol–water partition coefficient (Wildman–Crippen LogP) is 3.73. The Labute approximate surface area is 121 Å². The van der Waals surface area contributed by atoms with Gasteiger partial charge in [-0.15, -0.1) is 0 Å². The van der Waals surface area contributed by atoms with Gasteiger partial charge in [-0.3, -0.25) is 0 Å². The maximum Gasteiger partial charge on any atom is 0.328 e. The zero-order chi connectivity index (χ0) is 14.4. The zero-order valence-corrected chi connectivity index (χ0v) is 12.7. The van der Waals surface area contributed by atoms with E-state index in [0.717, 1.165) is 22.5 Å². The van der Waals surface area contributed by atoms with Crippen LogP contribution in [-0.2, 0) is 4.79 Å². The summed E-state index contributed by atoms with van der Waals surface area (Å²) in [6.07, 6.45) is 3.54. The largest absolute Gasteiger partial charge is 0.493 e. The van der Waals surface area contributed by atoms with Crippen LogP contribution in [0, 0.1) is 0 Å². The lowest BCUT2D eigenvalue weighted by Crippen LogP contribution is -2.11. The number of hydrogen-bond donors (Lipinski definition) is 1. The molecule has 0 aliphatic heterocycles. The Bertz CT molecular complexity index is 483. The number of halogens is 1. The molecular weight excluding hydrogens is 312 g/mol. The van der Waals surface area contributed by atoms with E-state index >= 15 is 0 Å². The highest BCUT2D eigenvalue weighted by molar-refractivity contribution is 9.10. The van der Waals surface area contributed by atoms with Gasteiger partial charge >= 0.3 is 5.97 Å². The van der Waals surface area contributed by atoms with Crippen molar-refractivity contribution in [2.45, 2.75) is 26.4 Å². The molecule has 0 saturated heterocycles. The van der Waals surface area contributed by atoms with Crippen LogP contribution in [0.15, 0.2) is 22.7 Å². The fourth-order valence-electron chi connectivity index (χ4n) is 1.40. The fraction of sp³-hybridized carbons (Fsp3) is 0.357. The van der Waals surface area contributed by atoms with Gasteiger partial charge in [-0.1, -0.05) is 6.92 Å². The number of rotatable bonds is 6. The topological polar surface area (TPSA) is 55.8 Å². The van der Waals surface area contributed by atoms with Gasteiger partial charge in [-0.2, -0.15) is 0 Å². The Morgan fingerprint density at radius 2 is 2.21 bits per heavy atom. The molecule has 1 aromatic carbocycles. The molecule has 1 aromatic rings. The normalized spacial score (nSPS) is 12.4. The van der Waals surface area contributed by atoms with E-state index in [0.29, 0.717) is 11.5 Å². The van der Waals surface area contributed by atoms with Crippen LogP contribution >= 0.6 is 15.9 Å². The summed E-state index contributed by atoms with van der Waals surface area (Å²) < 4.78 is 11.8. The summed E-state index contributed by atoms with van der Waals surface area (Å²) in [5.74, 6) is 0.207. The summed E-state index contributed by atoms with van der Waals surface area (Å²) in [6, 6.07) is 3.53. The molecule has 0 aromatic heterocycles. The second-order valence-electron chi connectivity index (χ2n) is 4.04. The lowest BCUT2D eigenvalue weighted by Gasteiger charge is -2.17. The lowest BCUT2D eigenvalue weighted by molar-refractivity contribution is -0.131. The number of carboxylic acid groups (broad SMARTS) is 1. The van der Waals surface area contributed by atoms with E-state index in [9.17, 15) is 4.79 Å². The number of hydrogen-bond acceptors (Lipinski definition) is 3. The Kier molecular flexibility index (Phi) is 5.89. The highest BCUT2D eigenvalue weighted by Gasteiger charge is 2.13. The van der Waals surface area contributed by atoms with Gasteiger partial charge in [0.1, 0.15) is 0 Å². The van der Waals surface area contributed by atoms with Crippen LogP contribution in [0.25, 0.3) is 6.08 Å². The number of carboxylic acids is 1. The number of methoxy groups -OCH3 is 1. The number of ether oxygens (including phenoxy) is 2. The molecule has 1 N–H and O–H groups in total. The minimum Gasteiger partial charge on any atom is -0.493 e. The van der Waals surface area contributed by atoms with Crippen molar-refractivity contribution in [2.24, 2.45) is 0 Å². The molecule has 1 atom stereocenters. The molecule has 19 heavy (non-hydrogen) atoms. The Morgan fingerprint density at radius 1 is 1.53 bits per heavy atom. The monoisotopic (exact) mass is 328 g/mol. The molecule has 104 valence electrons. The molecule has 0 fully saturated rings. The van der Waals surface area contributed by atoms with Gasteiger partial charge in [0.05, 0.1) is 17.7 Å². The molecule has 0 bridgehead atoms. The molecule has 0 saturated carbocycles. The van der Waals surface area contributed by atoms with Crippen LogP contribution in [0.1, 0.15) is 25.8 Å². The van der Waals surface area contributed by atoms with Crippen molar-refractivity contribution in [3.63, 3.8) is 0 Å². The fourth-order valence-corrected chi connectivity index (χ4v) is 1.96. The van der Waals surface area contributed by atoms with Crippen molar-refractivity contribution in [3.8, 4) is 11.5 Å². The third-order valence-corrected chi connectivity index (χ3v) is 3.15. The molecule has 5 heteroatoms. The highest BCUT2D eigenvalue weighted by atomic mass is 79.9. The highest BCUT2D eigenvalue weighted by Crippen LogP contribution is 2.37. The second kappa shape index (κ2) is 7.19. The molecule has 0 heterocycles. The summed E-state index contributed by atoms with van der Waals surface area (Å²) >= 11 is 3.42. The van der Waals surface area contributed by atoms with E-state index in [4.69, 9.17) is 14.6 Å². The summed E-state index contributed by atoms with van der Waals surface area (Å²) in [5.41, 5.74) is 0.725. The van der Waals surface area contributed by atoms with E-state index in [2.05, 4.69) is 15.9 Å².